The number of rotatable bonds is 6. The lowest BCUT2D eigenvalue weighted by Gasteiger charge is -2.40. The molecule has 9 nitrogen and oxygen atoms in total. The predicted molar refractivity (Wildman–Crippen MR) is 159 cm³/mol. The van der Waals surface area contributed by atoms with Crippen LogP contribution in [-0.2, 0) is 18.3 Å². The van der Waals surface area contributed by atoms with Crippen molar-refractivity contribution in [2.24, 2.45) is 7.05 Å². The minimum Gasteiger partial charge on any atom is -0.353 e. The van der Waals surface area contributed by atoms with Gasteiger partial charge >= 0.3 is 0 Å². The number of carbonyl (C=O) groups excluding carboxylic acids is 1. The first-order valence-corrected chi connectivity index (χ1v) is 13.5. The summed E-state index contributed by atoms with van der Waals surface area (Å²) >= 11 is 0. The normalized spacial score (nSPS) is 15.5. The summed E-state index contributed by atoms with van der Waals surface area (Å²) in [7, 11) is 2.01. The van der Waals surface area contributed by atoms with Crippen LogP contribution in [0.25, 0.3) is 22.1 Å². The highest BCUT2D eigenvalue weighted by Gasteiger charge is 2.27. The van der Waals surface area contributed by atoms with Crippen molar-refractivity contribution in [3.63, 3.8) is 0 Å². The summed E-state index contributed by atoms with van der Waals surface area (Å²) in [5, 5.41) is 3.47. The van der Waals surface area contributed by atoms with E-state index in [2.05, 4.69) is 75.1 Å². The Morgan fingerprint density at radius 1 is 1.07 bits per heavy atom. The van der Waals surface area contributed by atoms with Gasteiger partial charge in [0.25, 0.3) is 0 Å². The van der Waals surface area contributed by atoms with Crippen molar-refractivity contribution in [1.82, 2.24) is 29.4 Å². The molecule has 1 aliphatic rings. The number of anilines is 3. The Morgan fingerprint density at radius 3 is 2.75 bits per heavy atom. The fourth-order valence-corrected chi connectivity index (χ4v) is 5.43. The highest BCUT2D eigenvalue weighted by Crippen LogP contribution is 2.27. The number of benzene rings is 2. The highest BCUT2D eigenvalue weighted by molar-refractivity contribution is 5.89. The van der Waals surface area contributed by atoms with Crippen LogP contribution in [0.15, 0.2) is 73.8 Å². The maximum Gasteiger partial charge on any atom is 0.246 e. The molecule has 2 aromatic carbocycles. The molecule has 0 radical (unpaired) electrons. The molecule has 40 heavy (non-hydrogen) atoms. The van der Waals surface area contributed by atoms with Gasteiger partial charge in [0.1, 0.15) is 17.7 Å². The summed E-state index contributed by atoms with van der Waals surface area (Å²) in [6.45, 7) is 9.83. The molecule has 3 aromatic heterocycles. The summed E-state index contributed by atoms with van der Waals surface area (Å²) in [4.78, 5) is 34.6. The van der Waals surface area contributed by atoms with Crippen molar-refractivity contribution in [1.29, 1.82) is 0 Å². The second kappa shape index (κ2) is 10.4. The van der Waals surface area contributed by atoms with Crippen LogP contribution in [0.1, 0.15) is 23.6 Å². The van der Waals surface area contributed by atoms with Gasteiger partial charge in [0, 0.05) is 38.4 Å². The van der Waals surface area contributed by atoms with Crippen molar-refractivity contribution < 1.29 is 4.79 Å². The number of hydrogen-bond donors (Lipinski definition) is 1. The van der Waals surface area contributed by atoms with E-state index in [1.54, 1.807) is 6.33 Å². The van der Waals surface area contributed by atoms with E-state index in [0.29, 0.717) is 31.0 Å². The lowest BCUT2D eigenvalue weighted by molar-refractivity contribution is -0.128. The zero-order chi connectivity index (χ0) is 27.8. The second-order valence-corrected chi connectivity index (χ2v) is 10.4. The number of hydrogen-bond acceptors (Lipinski definition) is 7. The molecule has 0 saturated carbocycles. The number of imidazole rings is 1. The number of nitrogens with zero attached hydrogens (tertiary/aromatic N) is 7. The molecule has 6 rings (SSSR count). The number of nitrogens with one attached hydrogen (secondary N) is 1. The monoisotopic (exact) mass is 532 g/mol. The third-order valence-electron chi connectivity index (χ3n) is 7.67. The van der Waals surface area contributed by atoms with E-state index in [4.69, 9.17) is 4.98 Å². The Kier molecular flexibility index (Phi) is 6.63. The third kappa shape index (κ3) is 4.86. The van der Waals surface area contributed by atoms with Gasteiger partial charge in [-0.15, -0.1) is 0 Å². The summed E-state index contributed by atoms with van der Waals surface area (Å²) in [5.74, 6) is 1.47. The van der Waals surface area contributed by atoms with Gasteiger partial charge in [-0.25, -0.2) is 19.9 Å². The van der Waals surface area contributed by atoms with Crippen LogP contribution in [0.4, 0.5) is 17.3 Å². The van der Waals surface area contributed by atoms with Gasteiger partial charge in [-0.1, -0.05) is 18.7 Å². The van der Waals surface area contributed by atoms with Gasteiger partial charge < -0.3 is 19.7 Å². The number of carbonyl (C=O) groups is 1. The van der Waals surface area contributed by atoms with Gasteiger partial charge in [0.15, 0.2) is 5.82 Å². The number of fused-ring (bicyclic) bond motifs is 2. The Labute approximate surface area is 233 Å². The minimum atomic E-state index is -0.0332. The Balaban J connectivity index is 1.21. The zero-order valence-electron chi connectivity index (χ0n) is 23.0. The van der Waals surface area contributed by atoms with E-state index < -0.39 is 0 Å². The number of aryl methyl sites for hydroxylation is 2. The van der Waals surface area contributed by atoms with Crippen LogP contribution in [-0.4, -0.2) is 61.0 Å². The SMILES string of the molecule is C=CC(=O)N1CCN(c2ccc3ncnc(Nc4ccc(Cc5ccc6c(c5)ncn6C)c(C)c4)c3n2)CC1C. The quantitative estimate of drug-likeness (QED) is 0.315. The molecule has 0 spiro atoms. The highest BCUT2D eigenvalue weighted by atomic mass is 16.2. The van der Waals surface area contributed by atoms with E-state index >= 15 is 0 Å². The van der Waals surface area contributed by atoms with Crippen molar-refractivity contribution in [2.75, 3.05) is 29.9 Å². The van der Waals surface area contributed by atoms with Crippen LogP contribution < -0.4 is 10.2 Å². The number of piperazine rings is 1. The lowest BCUT2D eigenvalue weighted by atomic mass is 9.99. The average molecular weight is 533 g/mol. The standard InChI is InChI=1S/C31H32N8O/c1-5-29(40)39-13-12-38(17-21(39)3)28-11-9-25-30(36-28)31(33-18-32-25)35-24-8-7-23(20(2)14-24)15-22-6-10-27-26(16-22)34-19-37(27)4/h5-11,14,16,18-19,21H,1,12-13,15,17H2,2-4H3,(H,32,33,35). The molecule has 202 valence electrons. The van der Waals surface area contributed by atoms with Crippen LogP contribution in [0.5, 0.6) is 0 Å². The van der Waals surface area contributed by atoms with E-state index in [0.717, 1.165) is 34.5 Å². The zero-order valence-corrected chi connectivity index (χ0v) is 23.0. The smallest absolute Gasteiger partial charge is 0.246 e. The molecule has 1 unspecified atom stereocenters. The van der Waals surface area contributed by atoms with Crippen molar-refractivity contribution in [2.45, 2.75) is 26.3 Å². The molecule has 9 heteroatoms. The van der Waals surface area contributed by atoms with Gasteiger partial charge in [0.2, 0.25) is 5.91 Å². The molecular weight excluding hydrogens is 500 g/mol. The van der Waals surface area contributed by atoms with Gasteiger partial charge in [-0.05, 0) is 79.4 Å². The van der Waals surface area contributed by atoms with Gasteiger partial charge in [0.05, 0.1) is 22.9 Å². The molecule has 1 saturated heterocycles. The average Bonchev–Trinajstić information content (AvgIpc) is 3.33. The van der Waals surface area contributed by atoms with Crippen LogP contribution in [0.2, 0.25) is 0 Å². The molecule has 4 heterocycles. The summed E-state index contributed by atoms with van der Waals surface area (Å²) in [5.41, 5.74) is 8.26. The summed E-state index contributed by atoms with van der Waals surface area (Å²) in [6, 6.07) is 16.9. The Bertz CT molecular complexity index is 1740. The van der Waals surface area contributed by atoms with Gasteiger partial charge in [-0.2, -0.15) is 0 Å². The number of amides is 1. The molecule has 0 bridgehead atoms. The van der Waals surface area contributed by atoms with E-state index in [-0.39, 0.29) is 11.9 Å². The van der Waals surface area contributed by atoms with E-state index in [1.807, 2.05) is 41.9 Å². The Morgan fingerprint density at radius 2 is 1.95 bits per heavy atom. The molecule has 1 aliphatic heterocycles. The molecule has 1 atom stereocenters. The third-order valence-corrected chi connectivity index (χ3v) is 7.67. The molecular formula is C31H32N8O. The second-order valence-electron chi connectivity index (χ2n) is 10.4. The molecule has 1 N–H and O–H groups in total. The van der Waals surface area contributed by atoms with E-state index in [9.17, 15) is 4.79 Å². The van der Waals surface area contributed by atoms with Crippen LogP contribution in [0, 0.1) is 6.92 Å². The lowest BCUT2D eigenvalue weighted by Crippen LogP contribution is -2.53. The first kappa shape index (κ1) is 25.5. The maximum absolute atomic E-state index is 12.1. The number of aromatic nitrogens is 5. The van der Waals surface area contributed by atoms with Crippen molar-refractivity contribution in [3.8, 4) is 0 Å². The first-order chi connectivity index (χ1) is 19.4. The Hall–Kier alpha value is -4.79. The largest absolute Gasteiger partial charge is 0.353 e. The fourth-order valence-electron chi connectivity index (χ4n) is 5.43. The summed E-state index contributed by atoms with van der Waals surface area (Å²) in [6.07, 6.45) is 5.62. The van der Waals surface area contributed by atoms with Crippen molar-refractivity contribution in [3.05, 3.63) is 90.5 Å². The summed E-state index contributed by atoms with van der Waals surface area (Å²) < 4.78 is 2.03. The first-order valence-electron chi connectivity index (χ1n) is 13.5. The van der Waals surface area contributed by atoms with Gasteiger partial charge in [-0.3, -0.25) is 4.79 Å². The molecule has 1 amide bonds. The van der Waals surface area contributed by atoms with Crippen LogP contribution in [0.3, 0.4) is 0 Å². The maximum atomic E-state index is 12.1. The molecule has 5 aromatic rings. The topological polar surface area (TPSA) is 92.1 Å². The van der Waals surface area contributed by atoms with Crippen molar-refractivity contribution >= 4 is 45.3 Å². The van der Waals surface area contributed by atoms with E-state index in [1.165, 1.54) is 22.8 Å². The van der Waals surface area contributed by atoms with Crippen LogP contribution >= 0.6 is 0 Å². The molecule has 1 fully saturated rings. The predicted octanol–water partition coefficient (Wildman–Crippen LogP) is 4.78. The molecule has 0 aliphatic carbocycles. The number of pyridine rings is 1. The fraction of sp³-hybridized carbons (Fsp3) is 0.258. The minimum absolute atomic E-state index is 0.0332.